The number of thiophene rings is 1. The predicted octanol–water partition coefficient (Wildman–Crippen LogP) is 3.58. The number of halogens is 1. The first kappa shape index (κ1) is 14.5. The Morgan fingerprint density at radius 3 is 2.79 bits per heavy atom. The van der Waals surface area contributed by atoms with Gasteiger partial charge in [-0.2, -0.15) is 0 Å². The van der Waals surface area contributed by atoms with Crippen LogP contribution in [0.25, 0.3) is 0 Å². The van der Waals surface area contributed by atoms with Crippen molar-refractivity contribution in [2.45, 2.75) is 12.5 Å². The summed E-state index contributed by atoms with van der Waals surface area (Å²) in [6, 6.07) is 12.5. The SMILES string of the molecule is CN(CCc1cccs1)C(CN)c1cccc(Cl)c1. The summed E-state index contributed by atoms with van der Waals surface area (Å²) in [6.45, 7) is 1.59. The van der Waals surface area contributed by atoms with Gasteiger partial charge in [-0.3, -0.25) is 4.90 Å². The van der Waals surface area contributed by atoms with Crippen LogP contribution in [0.2, 0.25) is 5.02 Å². The van der Waals surface area contributed by atoms with E-state index in [1.54, 1.807) is 11.3 Å². The van der Waals surface area contributed by atoms with Gasteiger partial charge in [0.1, 0.15) is 0 Å². The average Bonchev–Trinajstić information content (AvgIpc) is 2.90. The van der Waals surface area contributed by atoms with Crippen LogP contribution in [-0.4, -0.2) is 25.0 Å². The van der Waals surface area contributed by atoms with E-state index < -0.39 is 0 Å². The van der Waals surface area contributed by atoms with Crippen molar-refractivity contribution in [1.29, 1.82) is 0 Å². The molecule has 0 aliphatic rings. The van der Waals surface area contributed by atoms with Crippen LogP contribution >= 0.6 is 22.9 Å². The number of benzene rings is 1. The maximum Gasteiger partial charge on any atom is 0.0468 e. The zero-order valence-electron chi connectivity index (χ0n) is 11.1. The highest BCUT2D eigenvalue weighted by molar-refractivity contribution is 7.09. The molecule has 1 heterocycles. The standard InChI is InChI=1S/C15H19ClN2S/c1-18(8-7-14-6-3-9-19-14)15(11-17)12-4-2-5-13(16)10-12/h2-6,9-10,15H,7-8,11,17H2,1H3. The van der Waals surface area contributed by atoms with Crippen LogP contribution in [0.1, 0.15) is 16.5 Å². The second-order valence-corrected chi connectivity index (χ2v) is 6.09. The van der Waals surface area contributed by atoms with Gasteiger partial charge in [-0.05, 0) is 42.6 Å². The van der Waals surface area contributed by atoms with E-state index in [4.69, 9.17) is 17.3 Å². The Morgan fingerprint density at radius 2 is 2.16 bits per heavy atom. The molecule has 0 bridgehead atoms. The lowest BCUT2D eigenvalue weighted by atomic mass is 10.1. The lowest BCUT2D eigenvalue weighted by Gasteiger charge is -2.27. The van der Waals surface area contributed by atoms with Gasteiger partial charge in [0.15, 0.2) is 0 Å². The van der Waals surface area contributed by atoms with Crippen LogP contribution in [0.3, 0.4) is 0 Å². The molecule has 1 unspecified atom stereocenters. The Bertz CT molecular complexity index is 499. The Hall–Kier alpha value is -0.870. The summed E-state index contributed by atoms with van der Waals surface area (Å²) in [5.74, 6) is 0. The highest BCUT2D eigenvalue weighted by atomic mass is 35.5. The lowest BCUT2D eigenvalue weighted by Crippen LogP contribution is -2.32. The number of hydrogen-bond acceptors (Lipinski definition) is 3. The van der Waals surface area contributed by atoms with E-state index in [1.807, 2.05) is 18.2 Å². The molecule has 4 heteroatoms. The quantitative estimate of drug-likeness (QED) is 0.882. The number of nitrogens with two attached hydrogens (primary N) is 1. The van der Waals surface area contributed by atoms with Crippen molar-refractivity contribution in [1.82, 2.24) is 4.90 Å². The van der Waals surface area contributed by atoms with Gasteiger partial charge < -0.3 is 5.73 Å². The van der Waals surface area contributed by atoms with Crippen molar-refractivity contribution in [3.63, 3.8) is 0 Å². The molecule has 102 valence electrons. The molecule has 0 saturated carbocycles. The molecule has 2 aromatic rings. The predicted molar refractivity (Wildman–Crippen MR) is 83.9 cm³/mol. The van der Waals surface area contributed by atoms with E-state index in [1.165, 1.54) is 10.4 Å². The zero-order chi connectivity index (χ0) is 13.7. The third-order valence-corrected chi connectivity index (χ3v) is 4.45. The zero-order valence-corrected chi connectivity index (χ0v) is 12.6. The molecule has 1 atom stereocenters. The van der Waals surface area contributed by atoms with Gasteiger partial charge in [-0.25, -0.2) is 0 Å². The van der Waals surface area contributed by atoms with Gasteiger partial charge in [0.05, 0.1) is 0 Å². The van der Waals surface area contributed by atoms with E-state index in [2.05, 4.69) is 35.5 Å². The minimum atomic E-state index is 0.221. The summed E-state index contributed by atoms with van der Waals surface area (Å²) < 4.78 is 0. The van der Waals surface area contributed by atoms with Crippen molar-refractivity contribution in [3.8, 4) is 0 Å². The van der Waals surface area contributed by atoms with Crippen LogP contribution in [0.15, 0.2) is 41.8 Å². The summed E-state index contributed by atoms with van der Waals surface area (Å²) in [4.78, 5) is 3.71. The summed E-state index contributed by atoms with van der Waals surface area (Å²) in [6.07, 6.45) is 1.06. The van der Waals surface area contributed by atoms with Crippen molar-refractivity contribution in [2.24, 2.45) is 5.73 Å². The summed E-state index contributed by atoms with van der Waals surface area (Å²) in [5, 5.41) is 2.88. The van der Waals surface area contributed by atoms with Gasteiger partial charge >= 0.3 is 0 Å². The Morgan fingerprint density at radius 1 is 1.32 bits per heavy atom. The van der Waals surface area contributed by atoms with Crippen molar-refractivity contribution >= 4 is 22.9 Å². The number of rotatable bonds is 6. The molecule has 0 fully saturated rings. The van der Waals surface area contributed by atoms with Crippen LogP contribution in [0, 0.1) is 0 Å². The largest absolute Gasteiger partial charge is 0.329 e. The first-order chi connectivity index (χ1) is 9.20. The molecule has 2 N–H and O–H groups in total. The van der Waals surface area contributed by atoms with E-state index in [-0.39, 0.29) is 6.04 Å². The van der Waals surface area contributed by atoms with E-state index in [0.717, 1.165) is 18.0 Å². The Kier molecular flexibility index (Phi) is 5.40. The maximum atomic E-state index is 6.05. The molecular formula is C15H19ClN2S. The first-order valence-electron chi connectivity index (χ1n) is 6.39. The normalized spacial score (nSPS) is 12.8. The number of nitrogens with zero attached hydrogens (tertiary/aromatic N) is 1. The van der Waals surface area contributed by atoms with Crippen molar-refractivity contribution < 1.29 is 0 Å². The monoisotopic (exact) mass is 294 g/mol. The molecule has 2 rings (SSSR count). The second kappa shape index (κ2) is 7.06. The minimum Gasteiger partial charge on any atom is -0.329 e. The van der Waals surface area contributed by atoms with Gasteiger partial charge in [0, 0.05) is 29.0 Å². The van der Waals surface area contributed by atoms with Crippen LogP contribution in [-0.2, 0) is 6.42 Å². The molecule has 0 aliphatic carbocycles. The smallest absolute Gasteiger partial charge is 0.0468 e. The fourth-order valence-electron chi connectivity index (χ4n) is 2.18. The topological polar surface area (TPSA) is 29.3 Å². The summed E-state index contributed by atoms with van der Waals surface area (Å²) in [5.41, 5.74) is 7.11. The highest BCUT2D eigenvalue weighted by Gasteiger charge is 2.15. The lowest BCUT2D eigenvalue weighted by molar-refractivity contribution is 0.254. The fourth-order valence-corrected chi connectivity index (χ4v) is 3.08. The molecule has 2 nitrogen and oxygen atoms in total. The van der Waals surface area contributed by atoms with E-state index in [0.29, 0.717) is 6.54 Å². The summed E-state index contributed by atoms with van der Waals surface area (Å²) >= 11 is 7.85. The Labute approximate surface area is 123 Å². The van der Waals surface area contributed by atoms with Crippen molar-refractivity contribution in [2.75, 3.05) is 20.1 Å². The number of hydrogen-bond donors (Lipinski definition) is 1. The van der Waals surface area contributed by atoms with Gasteiger partial charge in [0.2, 0.25) is 0 Å². The van der Waals surface area contributed by atoms with Crippen LogP contribution < -0.4 is 5.73 Å². The Balaban J connectivity index is 2.00. The molecule has 0 saturated heterocycles. The van der Waals surface area contributed by atoms with Crippen LogP contribution in [0.5, 0.6) is 0 Å². The fraction of sp³-hybridized carbons (Fsp3) is 0.333. The minimum absolute atomic E-state index is 0.221. The molecule has 0 amide bonds. The molecule has 0 spiro atoms. The third-order valence-electron chi connectivity index (χ3n) is 3.28. The number of likely N-dealkylation sites (N-methyl/N-ethyl adjacent to an activating group) is 1. The van der Waals surface area contributed by atoms with Gasteiger partial charge in [0.25, 0.3) is 0 Å². The molecule has 19 heavy (non-hydrogen) atoms. The van der Waals surface area contributed by atoms with Gasteiger partial charge in [-0.15, -0.1) is 11.3 Å². The first-order valence-corrected chi connectivity index (χ1v) is 7.64. The second-order valence-electron chi connectivity index (χ2n) is 4.62. The van der Waals surface area contributed by atoms with Crippen LogP contribution in [0.4, 0.5) is 0 Å². The molecular weight excluding hydrogens is 276 g/mol. The molecule has 1 aromatic heterocycles. The highest BCUT2D eigenvalue weighted by Crippen LogP contribution is 2.22. The summed E-state index contributed by atoms with van der Waals surface area (Å²) in [7, 11) is 2.12. The molecule has 0 radical (unpaired) electrons. The van der Waals surface area contributed by atoms with Gasteiger partial charge in [-0.1, -0.05) is 29.8 Å². The average molecular weight is 295 g/mol. The molecule has 1 aromatic carbocycles. The van der Waals surface area contributed by atoms with E-state index >= 15 is 0 Å². The maximum absolute atomic E-state index is 6.05. The van der Waals surface area contributed by atoms with Crippen molar-refractivity contribution in [3.05, 3.63) is 57.2 Å². The van der Waals surface area contributed by atoms with E-state index in [9.17, 15) is 0 Å². The third kappa shape index (κ3) is 4.05. The molecule has 0 aliphatic heterocycles.